The van der Waals surface area contributed by atoms with E-state index in [1.807, 2.05) is 18.4 Å². The van der Waals surface area contributed by atoms with Gasteiger partial charge in [0.2, 0.25) is 5.91 Å². The molecule has 2 heterocycles. The summed E-state index contributed by atoms with van der Waals surface area (Å²) in [6.45, 7) is 6.34. The molecule has 1 aromatic rings. The molecule has 1 aliphatic rings. The molecule has 0 saturated carbocycles. The highest BCUT2D eigenvalue weighted by atomic mass is 32.1. The van der Waals surface area contributed by atoms with Crippen LogP contribution in [0.25, 0.3) is 0 Å². The highest BCUT2D eigenvalue weighted by molar-refractivity contribution is 7.10. The maximum atomic E-state index is 12.1. The third-order valence-electron chi connectivity index (χ3n) is 3.82. The Labute approximate surface area is 119 Å². The van der Waals surface area contributed by atoms with Crippen LogP contribution in [0.5, 0.6) is 0 Å². The number of thiophene rings is 1. The largest absolute Gasteiger partial charge is 0.348 e. The van der Waals surface area contributed by atoms with Crippen LogP contribution in [0.2, 0.25) is 0 Å². The Bertz CT molecular complexity index is 407. The second-order valence-corrected chi connectivity index (χ2v) is 6.40. The van der Waals surface area contributed by atoms with Gasteiger partial charge in [-0.25, -0.2) is 0 Å². The Hall–Kier alpha value is -0.910. The summed E-state index contributed by atoms with van der Waals surface area (Å²) in [5.41, 5.74) is 5.71. The van der Waals surface area contributed by atoms with E-state index in [0.717, 1.165) is 13.0 Å². The number of hydrogen-bond acceptors (Lipinski definition) is 4. The Morgan fingerprint density at radius 1 is 1.68 bits per heavy atom. The quantitative estimate of drug-likeness (QED) is 0.862. The van der Waals surface area contributed by atoms with Crippen LogP contribution in [-0.4, -0.2) is 36.5 Å². The number of amides is 1. The number of likely N-dealkylation sites (tertiary alicyclic amines) is 1. The van der Waals surface area contributed by atoms with Crippen LogP contribution in [0.15, 0.2) is 17.5 Å². The minimum atomic E-state index is 0.0933. The van der Waals surface area contributed by atoms with Gasteiger partial charge in [0, 0.05) is 17.5 Å². The smallest absolute Gasteiger partial charge is 0.234 e. The van der Waals surface area contributed by atoms with Crippen molar-refractivity contribution in [3.8, 4) is 0 Å². The molecule has 106 valence electrons. The van der Waals surface area contributed by atoms with Gasteiger partial charge in [0.15, 0.2) is 0 Å². The monoisotopic (exact) mass is 281 g/mol. The van der Waals surface area contributed by atoms with Crippen LogP contribution in [0.4, 0.5) is 0 Å². The lowest BCUT2D eigenvalue weighted by molar-refractivity contribution is -0.123. The standard InChI is InChI=1S/C14H23N3OS/c1-10-6-12(7-15)8-17(10)9-14(18)16-11(2)13-4-3-5-19-13/h3-5,10-12H,6-9,15H2,1-2H3,(H,16,18). The van der Waals surface area contributed by atoms with Gasteiger partial charge in [0.05, 0.1) is 12.6 Å². The number of nitrogens with two attached hydrogens (primary N) is 1. The molecule has 4 nitrogen and oxygen atoms in total. The van der Waals surface area contributed by atoms with Gasteiger partial charge in [-0.2, -0.15) is 0 Å². The molecule has 0 aliphatic carbocycles. The average Bonchev–Trinajstić information content (AvgIpc) is 2.99. The fourth-order valence-corrected chi connectivity index (χ4v) is 3.42. The first-order valence-corrected chi connectivity index (χ1v) is 7.75. The predicted octanol–water partition coefficient (Wildman–Crippen LogP) is 1.59. The average molecular weight is 281 g/mol. The van der Waals surface area contributed by atoms with Gasteiger partial charge in [0.1, 0.15) is 0 Å². The number of carbonyl (C=O) groups is 1. The van der Waals surface area contributed by atoms with E-state index >= 15 is 0 Å². The van der Waals surface area contributed by atoms with Crippen LogP contribution in [0.1, 0.15) is 31.2 Å². The lowest BCUT2D eigenvalue weighted by Crippen LogP contribution is -2.39. The summed E-state index contributed by atoms with van der Waals surface area (Å²) in [6.07, 6.45) is 1.10. The predicted molar refractivity (Wildman–Crippen MR) is 79.1 cm³/mol. The zero-order chi connectivity index (χ0) is 13.8. The number of rotatable bonds is 5. The topological polar surface area (TPSA) is 58.4 Å². The molecule has 5 heteroatoms. The lowest BCUT2D eigenvalue weighted by atomic mass is 10.1. The molecule has 3 atom stereocenters. The first-order chi connectivity index (χ1) is 9.10. The van der Waals surface area contributed by atoms with E-state index in [-0.39, 0.29) is 11.9 Å². The van der Waals surface area contributed by atoms with Crippen molar-refractivity contribution in [1.82, 2.24) is 10.2 Å². The highest BCUT2D eigenvalue weighted by Gasteiger charge is 2.29. The van der Waals surface area contributed by atoms with Crippen LogP contribution in [0.3, 0.4) is 0 Å². The Balaban J connectivity index is 1.81. The molecule has 0 bridgehead atoms. The van der Waals surface area contributed by atoms with Crippen molar-refractivity contribution < 1.29 is 4.79 Å². The maximum absolute atomic E-state index is 12.1. The highest BCUT2D eigenvalue weighted by Crippen LogP contribution is 2.22. The van der Waals surface area contributed by atoms with Crippen LogP contribution < -0.4 is 11.1 Å². The van der Waals surface area contributed by atoms with Gasteiger partial charge in [-0.1, -0.05) is 6.07 Å². The summed E-state index contributed by atoms with van der Waals surface area (Å²) in [4.78, 5) is 15.5. The number of nitrogens with zero attached hydrogens (tertiary/aromatic N) is 1. The van der Waals surface area contributed by atoms with Crippen molar-refractivity contribution in [3.05, 3.63) is 22.4 Å². The molecule has 0 spiro atoms. The first-order valence-electron chi connectivity index (χ1n) is 6.87. The fourth-order valence-electron chi connectivity index (χ4n) is 2.69. The van der Waals surface area contributed by atoms with Gasteiger partial charge in [0.25, 0.3) is 0 Å². The third kappa shape index (κ3) is 3.78. The van der Waals surface area contributed by atoms with E-state index in [0.29, 0.717) is 25.0 Å². The molecule has 3 N–H and O–H groups in total. The second kappa shape index (κ2) is 6.50. The SMILES string of the molecule is CC(NC(=O)CN1CC(CN)CC1C)c1cccs1. The molecule has 1 aliphatic heterocycles. The molecule has 1 fully saturated rings. The van der Waals surface area contributed by atoms with Crippen LogP contribution >= 0.6 is 11.3 Å². The van der Waals surface area contributed by atoms with Crippen molar-refractivity contribution >= 4 is 17.2 Å². The normalized spacial score (nSPS) is 25.4. The van der Waals surface area contributed by atoms with Gasteiger partial charge >= 0.3 is 0 Å². The zero-order valence-corrected chi connectivity index (χ0v) is 12.5. The summed E-state index contributed by atoms with van der Waals surface area (Å²) in [7, 11) is 0. The number of hydrogen-bond donors (Lipinski definition) is 2. The first kappa shape index (κ1) is 14.5. The Morgan fingerprint density at radius 2 is 2.47 bits per heavy atom. The van der Waals surface area contributed by atoms with Gasteiger partial charge in [-0.05, 0) is 44.2 Å². The molecule has 3 unspecified atom stereocenters. The van der Waals surface area contributed by atoms with Crippen molar-refractivity contribution in [2.45, 2.75) is 32.4 Å². The molecule has 1 saturated heterocycles. The Kier molecular flexibility index (Phi) is 4.96. The Morgan fingerprint density at radius 3 is 3.05 bits per heavy atom. The molecule has 0 aromatic carbocycles. The summed E-state index contributed by atoms with van der Waals surface area (Å²) in [5.74, 6) is 0.642. The van der Waals surface area contributed by atoms with Gasteiger partial charge in [-0.15, -0.1) is 11.3 Å². The van der Waals surface area contributed by atoms with Crippen LogP contribution in [-0.2, 0) is 4.79 Å². The van der Waals surface area contributed by atoms with Gasteiger partial charge < -0.3 is 11.1 Å². The van der Waals surface area contributed by atoms with E-state index in [9.17, 15) is 4.79 Å². The van der Waals surface area contributed by atoms with Crippen molar-refractivity contribution in [2.24, 2.45) is 11.7 Å². The summed E-state index contributed by atoms with van der Waals surface area (Å²) in [6, 6.07) is 4.61. The molecule has 0 radical (unpaired) electrons. The van der Waals surface area contributed by atoms with E-state index in [1.165, 1.54) is 4.88 Å². The van der Waals surface area contributed by atoms with Crippen molar-refractivity contribution in [3.63, 3.8) is 0 Å². The summed E-state index contributed by atoms with van der Waals surface area (Å²) >= 11 is 1.68. The molecule has 1 amide bonds. The minimum Gasteiger partial charge on any atom is -0.348 e. The van der Waals surface area contributed by atoms with Crippen molar-refractivity contribution in [1.29, 1.82) is 0 Å². The number of nitrogens with one attached hydrogen (secondary N) is 1. The molecular weight excluding hydrogens is 258 g/mol. The van der Waals surface area contributed by atoms with E-state index in [1.54, 1.807) is 11.3 Å². The van der Waals surface area contributed by atoms with E-state index in [2.05, 4.69) is 23.2 Å². The summed E-state index contributed by atoms with van der Waals surface area (Å²) < 4.78 is 0. The third-order valence-corrected chi connectivity index (χ3v) is 4.87. The molecule has 2 rings (SSSR count). The molecule has 1 aromatic heterocycles. The maximum Gasteiger partial charge on any atom is 0.234 e. The zero-order valence-electron chi connectivity index (χ0n) is 11.6. The minimum absolute atomic E-state index is 0.0933. The van der Waals surface area contributed by atoms with E-state index in [4.69, 9.17) is 5.73 Å². The van der Waals surface area contributed by atoms with E-state index < -0.39 is 0 Å². The molecular formula is C14H23N3OS. The van der Waals surface area contributed by atoms with Crippen LogP contribution in [0, 0.1) is 5.92 Å². The molecule has 19 heavy (non-hydrogen) atoms. The lowest BCUT2D eigenvalue weighted by Gasteiger charge is -2.21. The summed E-state index contributed by atoms with van der Waals surface area (Å²) in [5, 5.41) is 5.10. The second-order valence-electron chi connectivity index (χ2n) is 5.42. The number of carbonyl (C=O) groups excluding carboxylic acids is 1. The fraction of sp³-hybridized carbons (Fsp3) is 0.643. The van der Waals surface area contributed by atoms with Crippen molar-refractivity contribution in [2.75, 3.05) is 19.6 Å². The van der Waals surface area contributed by atoms with Gasteiger partial charge in [-0.3, -0.25) is 9.69 Å².